The number of aryl methyl sites for hydroxylation is 1. The highest BCUT2D eigenvalue weighted by Crippen LogP contribution is 2.43. The van der Waals surface area contributed by atoms with Crippen LogP contribution in [0.4, 0.5) is 0 Å². The van der Waals surface area contributed by atoms with E-state index in [9.17, 15) is 14.4 Å². The number of methoxy groups -OCH3 is 2. The monoisotopic (exact) mass is 770 g/mol. The van der Waals surface area contributed by atoms with E-state index in [1.165, 1.54) is 94.9 Å². The molecule has 0 bridgehead atoms. The van der Waals surface area contributed by atoms with Gasteiger partial charge in [0.2, 0.25) is 0 Å². The van der Waals surface area contributed by atoms with E-state index in [0.717, 1.165) is 25.6 Å². The molecule has 2 aliphatic rings. The molecule has 10 heteroatoms. The number of aromatic amines is 1. The maximum Gasteiger partial charge on any atom is 0.337 e. The van der Waals surface area contributed by atoms with Crippen molar-refractivity contribution in [2.75, 3.05) is 20.8 Å². The van der Waals surface area contributed by atoms with Gasteiger partial charge in [-0.25, -0.2) is 9.59 Å². The van der Waals surface area contributed by atoms with E-state index in [4.69, 9.17) is 14.2 Å². The van der Waals surface area contributed by atoms with Gasteiger partial charge in [-0.3, -0.25) is 4.79 Å². The molecule has 0 atom stereocenters. The molecule has 0 amide bonds. The minimum Gasteiger partial charge on any atom is -0.466 e. The van der Waals surface area contributed by atoms with Crippen LogP contribution >= 0.6 is 31.9 Å². The molecular formula is C37H44Br2N2O6. The standard InChI is InChI=1S/C21H26BrNO4.C16H18BrNO2/c1-3-27-18(24)11-12-23-17-13-15(21(25)26-2)9-10-16(17)19(20(23)22)14-7-5-4-6-8-14;1-20-16(19)11-7-8-12-13(9-11)18-15(17)14(12)10-5-3-2-4-6-10/h9-10,13-14H,3-8,11-12H2,1-2H3;7-10,18H,2-6H2,1H3. The summed E-state index contributed by atoms with van der Waals surface area (Å²) in [5, 5.41) is 2.36. The number of fused-ring (bicyclic) bond motifs is 2. The number of nitrogens with zero attached hydrogens (tertiary/aromatic N) is 1. The Morgan fingerprint density at radius 2 is 1.34 bits per heavy atom. The second-order valence-corrected chi connectivity index (χ2v) is 14.0. The Kier molecular flexibility index (Phi) is 12.2. The number of ether oxygens (including phenoxy) is 3. The molecule has 6 rings (SSSR count). The fraction of sp³-hybridized carbons (Fsp3) is 0.486. The summed E-state index contributed by atoms with van der Waals surface area (Å²) in [5.41, 5.74) is 5.72. The molecule has 2 aromatic carbocycles. The highest BCUT2D eigenvalue weighted by Gasteiger charge is 2.26. The maximum absolute atomic E-state index is 12.0. The number of aromatic nitrogens is 2. The molecule has 0 saturated heterocycles. The van der Waals surface area contributed by atoms with Crippen molar-refractivity contribution in [3.05, 3.63) is 67.9 Å². The molecule has 2 aliphatic carbocycles. The Morgan fingerprint density at radius 1 is 0.787 bits per heavy atom. The van der Waals surface area contributed by atoms with Crippen molar-refractivity contribution in [3.8, 4) is 0 Å². The van der Waals surface area contributed by atoms with E-state index < -0.39 is 0 Å². The third-order valence-corrected chi connectivity index (χ3v) is 11.0. The summed E-state index contributed by atoms with van der Waals surface area (Å²) in [6.07, 6.45) is 12.9. The van der Waals surface area contributed by atoms with Crippen molar-refractivity contribution < 1.29 is 28.6 Å². The normalized spacial score (nSPS) is 15.7. The number of carbonyl (C=O) groups is 3. The van der Waals surface area contributed by atoms with Crippen LogP contribution in [0.5, 0.6) is 0 Å². The third-order valence-electron chi connectivity index (χ3n) is 9.54. The number of hydrogen-bond donors (Lipinski definition) is 1. The van der Waals surface area contributed by atoms with Gasteiger partial charge in [0.1, 0.15) is 0 Å². The average molecular weight is 773 g/mol. The number of halogens is 2. The molecular weight excluding hydrogens is 728 g/mol. The van der Waals surface area contributed by atoms with Crippen molar-refractivity contribution in [1.29, 1.82) is 0 Å². The number of benzene rings is 2. The van der Waals surface area contributed by atoms with Gasteiger partial charge in [-0.1, -0.05) is 50.7 Å². The number of hydrogen-bond acceptors (Lipinski definition) is 6. The highest BCUT2D eigenvalue weighted by atomic mass is 79.9. The number of rotatable bonds is 8. The topological polar surface area (TPSA) is 99.6 Å². The summed E-state index contributed by atoms with van der Waals surface area (Å²) in [6, 6.07) is 11.5. The zero-order valence-corrected chi connectivity index (χ0v) is 30.6. The number of esters is 3. The van der Waals surface area contributed by atoms with Crippen LogP contribution in [0, 0.1) is 0 Å². The van der Waals surface area contributed by atoms with Crippen LogP contribution in [0.25, 0.3) is 21.8 Å². The fourth-order valence-electron chi connectivity index (χ4n) is 7.25. The lowest BCUT2D eigenvalue weighted by Crippen LogP contribution is -2.10. The molecule has 8 nitrogen and oxygen atoms in total. The van der Waals surface area contributed by atoms with E-state index in [1.807, 2.05) is 43.3 Å². The predicted molar refractivity (Wildman–Crippen MR) is 191 cm³/mol. The molecule has 252 valence electrons. The lowest BCUT2D eigenvalue weighted by atomic mass is 9.84. The summed E-state index contributed by atoms with van der Waals surface area (Å²) in [5.74, 6) is 0.260. The smallest absolute Gasteiger partial charge is 0.337 e. The van der Waals surface area contributed by atoms with E-state index in [0.29, 0.717) is 42.5 Å². The second kappa shape index (κ2) is 16.3. The van der Waals surface area contributed by atoms with E-state index >= 15 is 0 Å². The number of H-pyrrole nitrogens is 1. The SMILES string of the molecule is CCOC(=O)CCn1c(Br)c(C2CCCCC2)c2ccc(C(=O)OC)cc21.COC(=O)c1ccc2c(C3CCCCC3)c(Br)[nH]c2c1. The lowest BCUT2D eigenvalue weighted by Gasteiger charge is -2.22. The Bertz CT molecular complexity index is 1730. The lowest BCUT2D eigenvalue weighted by molar-refractivity contribution is -0.143. The predicted octanol–water partition coefficient (Wildman–Crippen LogP) is 9.96. The van der Waals surface area contributed by atoms with Gasteiger partial charge < -0.3 is 23.8 Å². The van der Waals surface area contributed by atoms with Crippen LogP contribution < -0.4 is 0 Å². The van der Waals surface area contributed by atoms with Gasteiger partial charge in [-0.15, -0.1) is 0 Å². The number of carbonyl (C=O) groups excluding carboxylic acids is 3. The van der Waals surface area contributed by atoms with E-state index in [1.54, 1.807) is 0 Å². The molecule has 2 fully saturated rings. The second-order valence-electron chi connectivity index (χ2n) is 12.4. The Hall–Kier alpha value is -3.11. The Labute approximate surface area is 293 Å². The molecule has 0 radical (unpaired) electrons. The first kappa shape index (κ1) is 35.2. The Balaban J connectivity index is 0.000000193. The quantitative estimate of drug-likeness (QED) is 0.141. The largest absolute Gasteiger partial charge is 0.466 e. The van der Waals surface area contributed by atoms with Crippen LogP contribution in [0.3, 0.4) is 0 Å². The van der Waals surface area contributed by atoms with Crippen LogP contribution in [0.2, 0.25) is 0 Å². The van der Waals surface area contributed by atoms with Crippen LogP contribution in [-0.2, 0) is 25.5 Å². The maximum atomic E-state index is 12.0. The van der Waals surface area contributed by atoms with Crippen molar-refractivity contribution in [2.45, 2.75) is 95.9 Å². The molecule has 1 N–H and O–H groups in total. The van der Waals surface area contributed by atoms with E-state index in [2.05, 4.69) is 41.4 Å². The van der Waals surface area contributed by atoms with Gasteiger partial charge >= 0.3 is 17.9 Å². The molecule has 47 heavy (non-hydrogen) atoms. The van der Waals surface area contributed by atoms with Crippen molar-refractivity contribution in [2.24, 2.45) is 0 Å². The number of nitrogens with one attached hydrogen (secondary N) is 1. The summed E-state index contributed by atoms with van der Waals surface area (Å²) >= 11 is 7.44. The highest BCUT2D eigenvalue weighted by molar-refractivity contribution is 9.10. The molecule has 0 spiro atoms. The van der Waals surface area contributed by atoms with Gasteiger partial charge in [0.25, 0.3) is 0 Å². The summed E-state index contributed by atoms with van der Waals surface area (Å²) < 4.78 is 18.9. The minimum atomic E-state index is -0.356. The van der Waals surface area contributed by atoms with Gasteiger partial charge in [-0.2, -0.15) is 0 Å². The first-order valence-electron chi connectivity index (χ1n) is 16.7. The van der Waals surface area contributed by atoms with E-state index in [-0.39, 0.29) is 17.9 Å². The fourth-order valence-corrected chi connectivity index (χ4v) is 8.90. The van der Waals surface area contributed by atoms with Gasteiger partial charge in [0, 0.05) is 22.8 Å². The summed E-state index contributed by atoms with van der Waals surface area (Å²) in [7, 11) is 2.79. The van der Waals surface area contributed by atoms with Crippen molar-refractivity contribution >= 4 is 71.6 Å². The molecule has 2 heterocycles. The average Bonchev–Trinajstić information content (AvgIpc) is 3.58. The first-order valence-corrected chi connectivity index (χ1v) is 18.3. The molecule has 2 aromatic heterocycles. The zero-order valence-electron chi connectivity index (χ0n) is 27.5. The summed E-state index contributed by atoms with van der Waals surface area (Å²) in [4.78, 5) is 38.8. The zero-order chi connectivity index (χ0) is 33.5. The molecule has 2 saturated carbocycles. The van der Waals surface area contributed by atoms with Gasteiger partial charge in [-0.05, 0) is 112 Å². The molecule has 0 aliphatic heterocycles. The van der Waals surface area contributed by atoms with Crippen molar-refractivity contribution in [1.82, 2.24) is 9.55 Å². The summed E-state index contributed by atoms with van der Waals surface area (Å²) in [6.45, 7) is 2.70. The van der Waals surface area contributed by atoms with Crippen molar-refractivity contribution in [3.63, 3.8) is 0 Å². The van der Waals surface area contributed by atoms with Gasteiger partial charge in [0.15, 0.2) is 0 Å². The molecule has 4 aromatic rings. The van der Waals surface area contributed by atoms with Gasteiger partial charge in [0.05, 0.1) is 53.1 Å². The van der Waals surface area contributed by atoms with Crippen LogP contribution in [0.1, 0.15) is 121 Å². The van der Waals surface area contributed by atoms with Crippen LogP contribution in [0.15, 0.2) is 45.6 Å². The van der Waals surface area contributed by atoms with Crippen LogP contribution in [-0.4, -0.2) is 48.3 Å². The third kappa shape index (κ3) is 7.96. The molecule has 0 unspecified atom stereocenters. The minimum absolute atomic E-state index is 0.213. The first-order chi connectivity index (χ1) is 22.8. The Morgan fingerprint density at radius 3 is 1.91 bits per heavy atom.